The molecule has 2 rings (SSSR count). The molecule has 1 aromatic heterocycles. The van der Waals surface area contributed by atoms with Crippen molar-refractivity contribution in [1.29, 1.82) is 0 Å². The lowest BCUT2D eigenvalue weighted by Crippen LogP contribution is -2.31. The summed E-state index contributed by atoms with van der Waals surface area (Å²) in [6.45, 7) is 0.988. The molecule has 1 aliphatic carbocycles. The second-order valence-electron chi connectivity index (χ2n) is 5.50. The number of hydrogen-bond acceptors (Lipinski definition) is 3. The Balaban J connectivity index is 1.60. The number of carbonyl (C=O) groups excluding carboxylic acids is 1. The molecule has 20 heavy (non-hydrogen) atoms. The van der Waals surface area contributed by atoms with Gasteiger partial charge in [0.1, 0.15) is 0 Å². The maximum atomic E-state index is 11.8. The molecule has 112 valence electrons. The van der Waals surface area contributed by atoms with Gasteiger partial charge in [-0.1, -0.05) is 6.42 Å². The highest BCUT2D eigenvalue weighted by atomic mass is 79.9. The van der Waals surface area contributed by atoms with Crippen LogP contribution in [0.4, 0.5) is 0 Å². The Kier molecular flexibility index (Phi) is 6.52. The van der Waals surface area contributed by atoms with Crippen molar-refractivity contribution in [3.8, 4) is 0 Å². The first kappa shape index (κ1) is 16.0. The Morgan fingerprint density at radius 3 is 2.90 bits per heavy atom. The number of aliphatic hydroxyl groups is 1. The maximum absolute atomic E-state index is 11.8. The third-order valence-electron chi connectivity index (χ3n) is 4.07. The lowest BCUT2D eigenvalue weighted by Gasteiger charge is -2.17. The summed E-state index contributed by atoms with van der Waals surface area (Å²) in [5.74, 6) is 1.00. The minimum atomic E-state index is 0.143. The van der Waals surface area contributed by atoms with Crippen molar-refractivity contribution in [3.05, 3.63) is 20.8 Å². The molecule has 1 aromatic rings. The normalized spacial score (nSPS) is 22.1. The van der Waals surface area contributed by atoms with E-state index in [1.165, 1.54) is 11.3 Å². The van der Waals surface area contributed by atoms with Crippen LogP contribution in [-0.4, -0.2) is 24.2 Å². The first-order valence-electron chi connectivity index (χ1n) is 7.31. The molecule has 1 heterocycles. The highest BCUT2D eigenvalue weighted by Gasteiger charge is 2.26. The van der Waals surface area contributed by atoms with Crippen LogP contribution in [0.15, 0.2) is 15.9 Å². The summed E-state index contributed by atoms with van der Waals surface area (Å²) in [4.78, 5) is 13.1. The van der Waals surface area contributed by atoms with Gasteiger partial charge in [-0.25, -0.2) is 0 Å². The van der Waals surface area contributed by atoms with Crippen LogP contribution < -0.4 is 5.32 Å². The molecule has 0 radical (unpaired) electrons. The number of amides is 1. The van der Waals surface area contributed by atoms with E-state index in [1.54, 1.807) is 11.3 Å². The maximum Gasteiger partial charge on any atom is 0.220 e. The Bertz CT molecular complexity index is 435. The third kappa shape index (κ3) is 4.86. The Morgan fingerprint density at radius 2 is 2.20 bits per heavy atom. The fraction of sp³-hybridized carbons (Fsp3) is 0.667. The van der Waals surface area contributed by atoms with E-state index in [-0.39, 0.29) is 12.5 Å². The van der Waals surface area contributed by atoms with Gasteiger partial charge >= 0.3 is 0 Å². The van der Waals surface area contributed by atoms with E-state index in [4.69, 9.17) is 0 Å². The van der Waals surface area contributed by atoms with Crippen LogP contribution in [0.3, 0.4) is 0 Å². The van der Waals surface area contributed by atoms with Crippen molar-refractivity contribution in [2.24, 2.45) is 11.8 Å². The molecule has 1 aliphatic rings. The fourth-order valence-electron chi connectivity index (χ4n) is 2.87. The molecule has 2 atom stereocenters. The molecule has 0 bridgehead atoms. The zero-order chi connectivity index (χ0) is 14.4. The molecule has 5 heteroatoms. The quantitative estimate of drug-likeness (QED) is 0.783. The number of carbonyl (C=O) groups is 1. The van der Waals surface area contributed by atoms with Gasteiger partial charge in [0.15, 0.2) is 0 Å². The van der Waals surface area contributed by atoms with Gasteiger partial charge in [0.05, 0.1) is 3.79 Å². The molecule has 1 fully saturated rings. The van der Waals surface area contributed by atoms with Crippen LogP contribution in [0, 0.1) is 11.8 Å². The Labute approximate surface area is 132 Å². The van der Waals surface area contributed by atoms with Crippen molar-refractivity contribution >= 4 is 33.2 Å². The predicted molar refractivity (Wildman–Crippen MR) is 85.9 cm³/mol. The van der Waals surface area contributed by atoms with Crippen LogP contribution in [0.5, 0.6) is 0 Å². The number of rotatable bonds is 7. The highest BCUT2D eigenvalue weighted by molar-refractivity contribution is 9.11. The monoisotopic (exact) mass is 359 g/mol. The average molecular weight is 360 g/mol. The lowest BCUT2D eigenvalue weighted by atomic mass is 9.97. The minimum absolute atomic E-state index is 0.143. The van der Waals surface area contributed by atoms with Crippen molar-refractivity contribution in [2.45, 2.75) is 38.5 Å². The largest absolute Gasteiger partial charge is 0.396 e. The molecule has 1 saturated carbocycles. The lowest BCUT2D eigenvalue weighted by molar-refractivity contribution is -0.121. The summed E-state index contributed by atoms with van der Waals surface area (Å²) in [6, 6.07) is 4.16. The summed E-state index contributed by atoms with van der Waals surface area (Å²) in [5.41, 5.74) is 0. The molecule has 1 amide bonds. The number of hydrogen-bond donors (Lipinski definition) is 2. The SMILES string of the molecule is O=C(CCCc1ccc(Br)s1)NCC1CCCC1CO. The number of halogens is 1. The van der Waals surface area contributed by atoms with Gasteiger partial charge in [-0.3, -0.25) is 4.79 Å². The van der Waals surface area contributed by atoms with E-state index < -0.39 is 0 Å². The van der Waals surface area contributed by atoms with Gasteiger partial charge in [-0.2, -0.15) is 0 Å². The van der Waals surface area contributed by atoms with E-state index in [0.29, 0.717) is 18.3 Å². The number of aliphatic hydroxyl groups excluding tert-OH is 1. The zero-order valence-corrected chi connectivity index (χ0v) is 14.0. The molecule has 0 saturated heterocycles. The summed E-state index contributed by atoms with van der Waals surface area (Å²) in [7, 11) is 0. The van der Waals surface area contributed by atoms with E-state index in [2.05, 4.69) is 33.4 Å². The van der Waals surface area contributed by atoms with Crippen LogP contribution in [-0.2, 0) is 11.2 Å². The topological polar surface area (TPSA) is 49.3 Å². The first-order valence-corrected chi connectivity index (χ1v) is 8.91. The molecule has 3 nitrogen and oxygen atoms in total. The van der Waals surface area contributed by atoms with Gasteiger partial charge in [-0.15, -0.1) is 11.3 Å². The second kappa shape index (κ2) is 8.15. The first-order chi connectivity index (χ1) is 9.69. The van der Waals surface area contributed by atoms with Crippen LogP contribution in [0.1, 0.15) is 37.0 Å². The summed E-state index contributed by atoms with van der Waals surface area (Å²) in [5, 5.41) is 12.3. The molecular formula is C15H22BrNO2S. The molecule has 0 spiro atoms. The van der Waals surface area contributed by atoms with Crippen LogP contribution >= 0.6 is 27.3 Å². The minimum Gasteiger partial charge on any atom is -0.396 e. The number of nitrogens with one attached hydrogen (secondary N) is 1. The molecule has 2 unspecified atom stereocenters. The van der Waals surface area contributed by atoms with Crippen molar-refractivity contribution in [2.75, 3.05) is 13.2 Å². The van der Waals surface area contributed by atoms with Gasteiger partial charge in [0.25, 0.3) is 0 Å². The summed E-state index contributed by atoms with van der Waals surface area (Å²) < 4.78 is 1.15. The smallest absolute Gasteiger partial charge is 0.220 e. The fourth-order valence-corrected chi connectivity index (χ4v) is 4.39. The van der Waals surface area contributed by atoms with Gasteiger partial charge in [0, 0.05) is 24.4 Å². The third-order valence-corrected chi connectivity index (χ3v) is 5.75. The number of aryl methyl sites for hydroxylation is 1. The van der Waals surface area contributed by atoms with E-state index in [9.17, 15) is 9.90 Å². The summed E-state index contributed by atoms with van der Waals surface area (Å²) >= 11 is 5.18. The molecule has 2 N–H and O–H groups in total. The Morgan fingerprint density at radius 1 is 1.40 bits per heavy atom. The summed E-state index contributed by atoms with van der Waals surface area (Å²) in [6.07, 6.45) is 5.86. The standard InChI is InChI=1S/C15H22BrNO2S/c16-14-8-7-13(20-14)5-2-6-15(19)17-9-11-3-1-4-12(11)10-18/h7-8,11-12,18H,1-6,9-10H2,(H,17,19). The molecule has 0 aromatic carbocycles. The molecule has 0 aliphatic heterocycles. The van der Waals surface area contributed by atoms with E-state index in [1.807, 2.05) is 0 Å². The van der Waals surface area contributed by atoms with Crippen molar-refractivity contribution in [3.63, 3.8) is 0 Å². The Hall–Kier alpha value is -0.390. The van der Waals surface area contributed by atoms with E-state index >= 15 is 0 Å². The van der Waals surface area contributed by atoms with Gasteiger partial charge in [-0.05, 0) is 65.6 Å². The van der Waals surface area contributed by atoms with Crippen molar-refractivity contribution < 1.29 is 9.90 Å². The molecular weight excluding hydrogens is 338 g/mol. The number of thiophene rings is 1. The van der Waals surface area contributed by atoms with Crippen LogP contribution in [0.2, 0.25) is 0 Å². The highest BCUT2D eigenvalue weighted by Crippen LogP contribution is 2.30. The van der Waals surface area contributed by atoms with E-state index in [0.717, 1.165) is 36.0 Å². The van der Waals surface area contributed by atoms with Crippen LogP contribution in [0.25, 0.3) is 0 Å². The van der Waals surface area contributed by atoms with Gasteiger partial charge in [0.2, 0.25) is 5.91 Å². The zero-order valence-electron chi connectivity index (χ0n) is 11.6. The predicted octanol–water partition coefficient (Wildman–Crippen LogP) is 3.36. The average Bonchev–Trinajstić information content (AvgIpc) is 3.05. The second-order valence-corrected chi connectivity index (χ2v) is 8.04. The van der Waals surface area contributed by atoms with Gasteiger partial charge < -0.3 is 10.4 Å². The van der Waals surface area contributed by atoms with Crippen molar-refractivity contribution in [1.82, 2.24) is 5.32 Å².